The fourth-order valence-electron chi connectivity index (χ4n) is 4.91. The van der Waals surface area contributed by atoms with Gasteiger partial charge in [-0.15, -0.1) is 0 Å². The van der Waals surface area contributed by atoms with E-state index < -0.39 is 0 Å². The largest absolute Gasteiger partial charge is 0.342 e. The topological polar surface area (TPSA) is 79.7 Å². The molecule has 1 saturated heterocycles. The van der Waals surface area contributed by atoms with Crippen molar-refractivity contribution in [2.45, 2.75) is 25.3 Å². The van der Waals surface area contributed by atoms with Crippen molar-refractivity contribution in [1.29, 1.82) is 0 Å². The van der Waals surface area contributed by atoms with Crippen LogP contribution in [0.2, 0.25) is 0 Å². The van der Waals surface area contributed by atoms with Crippen molar-refractivity contribution in [3.8, 4) is 0 Å². The van der Waals surface area contributed by atoms with Gasteiger partial charge in [-0.05, 0) is 30.5 Å². The maximum absolute atomic E-state index is 12.9. The molecule has 3 amide bonds. The van der Waals surface area contributed by atoms with Crippen LogP contribution >= 0.6 is 0 Å². The lowest BCUT2D eigenvalue weighted by Gasteiger charge is -2.42. The van der Waals surface area contributed by atoms with E-state index in [1.807, 2.05) is 15.5 Å². The average Bonchev–Trinajstić information content (AvgIpc) is 2.97. The number of aromatic nitrogens is 1. The Labute approximate surface area is 167 Å². The Morgan fingerprint density at radius 2 is 1.62 bits per heavy atom. The maximum Gasteiger partial charge on any atom is 0.261 e. The summed E-state index contributed by atoms with van der Waals surface area (Å²) in [5.41, 5.74) is 1.81. The van der Waals surface area contributed by atoms with Crippen molar-refractivity contribution in [2.24, 2.45) is 5.92 Å². The van der Waals surface area contributed by atoms with Crippen LogP contribution in [0.15, 0.2) is 47.3 Å². The van der Waals surface area contributed by atoms with Crippen LogP contribution in [-0.2, 0) is 11.3 Å². The molecule has 7 nitrogen and oxygen atoms in total. The lowest BCUT2D eigenvalue weighted by atomic mass is 9.83. The number of fused-ring (bicyclic) bond motifs is 5. The van der Waals surface area contributed by atoms with Gasteiger partial charge in [0.05, 0.1) is 11.1 Å². The predicted molar refractivity (Wildman–Crippen MR) is 105 cm³/mol. The number of likely N-dealkylation sites (tertiary alicyclic amines) is 1. The summed E-state index contributed by atoms with van der Waals surface area (Å²) in [7, 11) is 0. The van der Waals surface area contributed by atoms with E-state index in [-0.39, 0.29) is 48.1 Å². The summed E-state index contributed by atoms with van der Waals surface area (Å²) in [5, 5.41) is 0. The number of hydrogen-bond donors (Lipinski definition) is 0. The highest BCUT2D eigenvalue weighted by Crippen LogP contribution is 2.35. The van der Waals surface area contributed by atoms with Crippen LogP contribution in [0.1, 0.15) is 45.2 Å². The van der Waals surface area contributed by atoms with E-state index in [1.165, 1.54) is 4.90 Å². The van der Waals surface area contributed by atoms with Crippen LogP contribution in [0.3, 0.4) is 0 Å². The molecule has 2 atom stereocenters. The molecule has 0 spiro atoms. The van der Waals surface area contributed by atoms with Gasteiger partial charge < -0.3 is 9.47 Å². The molecule has 2 unspecified atom stereocenters. The van der Waals surface area contributed by atoms with Crippen LogP contribution in [0.25, 0.3) is 0 Å². The van der Waals surface area contributed by atoms with Crippen molar-refractivity contribution in [1.82, 2.24) is 14.4 Å². The Balaban J connectivity index is 1.27. The first-order valence-electron chi connectivity index (χ1n) is 9.95. The molecule has 0 saturated carbocycles. The molecular weight excluding hydrogens is 370 g/mol. The average molecular weight is 391 g/mol. The molecular formula is C22H21N3O4. The minimum atomic E-state index is -0.331. The minimum Gasteiger partial charge on any atom is -0.342 e. The lowest BCUT2D eigenvalue weighted by Crippen LogP contribution is -2.49. The van der Waals surface area contributed by atoms with Crippen molar-refractivity contribution >= 4 is 17.7 Å². The summed E-state index contributed by atoms with van der Waals surface area (Å²) in [6.07, 6.45) is 1.10. The van der Waals surface area contributed by atoms with E-state index in [0.29, 0.717) is 30.8 Å². The standard InChI is InChI=1S/C22H21N3O4/c26-19(8-9-24-21(28)16-4-1-2-5-17(16)22(24)29)23-11-14-10-15(13-23)18-6-3-7-20(27)25(18)12-14/h1-7,14-15H,8-13H2. The number of nitrogens with zero attached hydrogens (tertiary/aromatic N) is 3. The Hall–Kier alpha value is -3.22. The monoisotopic (exact) mass is 391 g/mol. The molecule has 3 aliphatic rings. The zero-order valence-electron chi connectivity index (χ0n) is 15.9. The Morgan fingerprint density at radius 3 is 2.34 bits per heavy atom. The van der Waals surface area contributed by atoms with E-state index in [1.54, 1.807) is 36.4 Å². The molecule has 3 aliphatic heterocycles. The number of hydrogen-bond acceptors (Lipinski definition) is 4. The minimum absolute atomic E-state index is 0.0163. The van der Waals surface area contributed by atoms with Gasteiger partial charge in [-0.2, -0.15) is 0 Å². The summed E-state index contributed by atoms with van der Waals surface area (Å²) >= 11 is 0. The molecule has 0 aliphatic carbocycles. The third kappa shape index (κ3) is 2.88. The number of pyridine rings is 1. The summed E-state index contributed by atoms with van der Waals surface area (Å²) in [5.74, 6) is -0.309. The fraction of sp³-hybridized carbons (Fsp3) is 0.364. The van der Waals surface area contributed by atoms with Crippen LogP contribution < -0.4 is 5.56 Å². The van der Waals surface area contributed by atoms with Crippen LogP contribution in [0.4, 0.5) is 0 Å². The van der Waals surface area contributed by atoms with E-state index in [2.05, 4.69) is 0 Å². The van der Waals surface area contributed by atoms with E-state index in [4.69, 9.17) is 0 Å². The molecule has 1 aromatic heterocycles. The Morgan fingerprint density at radius 1 is 0.897 bits per heavy atom. The maximum atomic E-state index is 12.9. The van der Waals surface area contributed by atoms with Gasteiger partial charge >= 0.3 is 0 Å². The summed E-state index contributed by atoms with van der Waals surface area (Å²) in [6, 6.07) is 12.1. The molecule has 1 aromatic carbocycles. The van der Waals surface area contributed by atoms with Crippen LogP contribution in [0.5, 0.6) is 0 Å². The fourth-order valence-corrected chi connectivity index (χ4v) is 4.91. The van der Waals surface area contributed by atoms with Gasteiger partial charge in [0.2, 0.25) is 5.91 Å². The quantitative estimate of drug-likeness (QED) is 0.743. The van der Waals surface area contributed by atoms with Gasteiger partial charge in [-0.25, -0.2) is 0 Å². The Bertz CT molecular complexity index is 1050. The number of rotatable bonds is 3. The zero-order chi connectivity index (χ0) is 20.1. The van der Waals surface area contributed by atoms with Gasteiger partial charge in [-0.1, -0.05) is 18.2 Å². The highest BCUT2D eigenvalue weighted by atomic mass is 16.2. The molecule has 0 radical (unpaired) electrons. The molecule has 1 fully saturated rings. The van der Waals surface area contributed by atoms with Gasteiger partial charge in [0.1, 0.15) is 0 Å². The summed E-state index contributed by atoms with van der Waals surface area (Å²) in [6.45, 7) is 1.90. The number of imide groups is 1. The van der Waals surface area contributed by atoms with Gasteiger partial charge in [0, 0.05) is 50.3 Å². The van der Waals surface area contributed by atoms with E-state index in [9.17, 15) is 19.2 Å². The molecule has 5 rings (SSSR count). The second kappa shape index (κ2) is 6.69. The molecule has 2 bridgehead atoms. The molecule has 2 aromatic rings. The SMILES string of the molecule is O=C(CCN1C(=O)c2ccccc2C1=O)N1CC2CC(C1)c1cccc(=O)n1C2. The first-order valence-corrected chi connectivity index (χ1v) is 9.95. The number of amides is 3. The molecule has 148 valence electrons. The second-order valence-corrected chi connectivity index (χ2v) is 8.05. The molecule has 4 heterocycles. The first-order chi connectivity index (χ1) is 14.0. The predicted octanol–water partition coefficient (Wildman–Crippen LogP) is 1.48. The van der Waals surface area contributed by atoms with Crippen molar-refractivity contribution in [3.05, 3.63) is 69.6 Å². The van der Waals surface area contributed by atoms with E-state index in [0.717, 1.165) is 12.1 Å². The van der Waals surface area contributed by atoms with Gasteiger partial charge in [0.25, 0.3) is 17.4 Å². The number of carbonyl (C=O) groups excluding carboxylic acids is 3. The van der Waals surface area contributed by atoms with Crippen molar-refractivity contribution in [2.75, 3.05) is 19.6 Å². The number of benzene rings is 1. The number of carbonyl (C=O) groups is 3. The zero-order valence-corrected chi connectivity index (χ0v) is 15.9. The van der Waals surface area contributed by atoms with Gasteiger partial charge in [-0.3, -0.25) is 24.1 Å². The second-order valence-electron chi connectivity index (χ2n) is 8.05. The normalized spacial score (nSPS) is 22.5. The van der Waals surface area contributed by atoms with Crippen LogP contribution in [0, 0.1) is 5.92 Å². The van der Waals surface area contributed by atoms with Crippen molar-refractivity contribution < 1.29 is 14.4 Å². The van der Waals surface area contributed by atoms with Gasteiger partial charge in [0.15, 0.2) is 0 Å². The van der Waals surface area contributed by atoms with Crippen molar-refractivity contribution in [3.63, 3.8) is 0 Å². The molecule has 29 heavy (non-hydrogen) atoms. The first kappa shape index (κ1) is 17.8. The van der Waals surface area contributed by atoms with Crippen LogP contribution in [-0.4, -0.2) is 51.7 Å². The third-order valence-corrected chi connectivity index (χ3v) is 6.26. The lowest BCUT2D eigenvalue weighted by molar-refractivity contribution is -0.134. The Kier molecular flexibility index (Phi) is 4.12. The third-order valence-electron chi connectivity index (χ3n) is 6.26. The highest BCUT2D eigenvalue weighted by molar-refractivity contribution is 6.21. The summed E-state index contributed by atoms with van der Waals surface area (Å²) < 4.78 is 1.83. The smallest absolute Gasteiger partial charge is 0.261 e. The number of piperidine rings is 1. The highest BCUT2D eigenvalue weighted by Gasteiger charge is 2.38. The summed E-state index contributed by atoms with van der Waals surface area (Å²) in [4.78, 5) is 52.9. The molecule has 0 N–H and O–H groups in total. The van der Waals surface area contributed by atoms with E-state index >= 15 is 0 Å². The molecule has 7 heteroatoms.